The molecule has 0 aliphatic rings. The van der Waals surface area contributed by atoms with Crippen LogP contribution in [0.5, 0.6) is 0 Å². The molecule has 0 fully saturated rings. The Morgan fingerprint density at radius 3 is 2.93 bits per heavy atom. The zero-order valence-corrected chi connectivity index (χ0v) is 9.43. The number of halogens is 1. The number of nitrogens with one attached hydrogen (secondary N) is 1. The lowest BCUT2D eigenvalue weighted by atomic mass is 10.2. The van der Waals surface area contributed by atoms with Gasteiger partial charge >= 0.3 is 0 Å². The molecule has 1 heterocycles. The van der Waals surface area contributed by atoms with Crippen molar-refractivity contribution in [3.05, 3.63) is 17.4 Å². The summed E-state index contributed by atoms with van der Waals surface area (Å²) in [6, 6.07) is 0. The van der Waals surface area contributed by atoms with Crippen molar-refractivity contribution in [1.29, 1.82) is 0 Å². The van der Waals surface area contributed by atoms with E-state index >= 15 is 0 Å². The van der Waals surface area contributed by atoms with Gasteiger partial charge in [0.15, 0.2) is 0 Å². The molecule has 0 saturated carbocycles. The summed E-state index contributed by atoms with van der Waals surface area (Å²) in [5.41, 5.74) is 0. The van der Waals surface area contributed by atoms with Crippen molar-refractivity contribution in [3.8, 4) is 0 Å². The van der Waals surface area contributed by atoms with Gasteiger partial charge in [-0.3, -0.25) is 4.68 Å². The van der Waals surface area contributed by atoms with Crippen LogP contribution >= 0.6 is 11.6 Å². The van der Waals surface area contributed by atoms with E-state index in [1.165, 1.54) is 19.3 Å². The second kappa shape index (κ2) is 6.85. The number of nitrogens with zero attached hydrogens (tertiary/aromatic N) is 2. The van der Waals surface area contributed by atoms with Gasteiger partial charge < -0.3 is 5.32 Å². The van der Waals surface area contributed by atoms with Gasteiger partial charge in [-0.05, 0) is 25.9 Å². The average molecular weight is 216 g/mol. The summed E-state index contributed by atoms with van der Waals surface area (Å²) in [5.74, 6) is 0. The van der Waals surface area contributed by atoms with Crippen molar-refractivity contribution in [2.75, 3.05) is 13.1 Å². The van der Waals surface area contributed by atoms with Crippen LogP contribution in [-0.2, 0) is 6.54 Å². The van der Waals surface area contributed by atoms with Gasteiger partial charge in [0.25, 0.3) is 0 Å². The molecule has 0 unspecified atom stereocenters. The number of aryl methyl sites for hydroxylation is 1. The van der Waals surface area contributed by atoms with Gasteiger partial charge in [0.1, 0.15) is 0 Å². The third-order valence-corrected chi connectivity index (χ3v) is 2.29. The normalized spacial score (nSPS) is 10.7. The fraction of sp³-hybridized carbons (Fsp3) is 0.700. The summed E-state index contributed by atoms with van der Waals surface area (Å²) in [5, 5.41) is 8.15. The lowest BCUT2D eigenvalue weighted by Crippen LogP contribution is -2.13. The molecule has 1 aromatic heterocycles. The van der Waals surface area contributed by atoms with Crippen molar-refractivity contribution in [1.82, 2.24) is 15.1 Å². The van der Waals surface area contributed by atoms with Crippen LogP contribution in [0.3, 0.4) is 0 Å². The maximum atomic E-state index is 5.75. The zero-order chi connectivity index (χ0) is 10.2. The summed E-state index contributed by atoms with van der Waals surface area (Å²) < 4.78 is 1.90. The molecule has 0 radical (unpaired) electrons. The highest BCUT2D eigenvalue weighted by molar-refractivity contribution is 6.30. The van der Waals surface area contributed by atoms with Crippen LogP contribution in [0, 0.1) is 0 Å². The maximum absolute atomic E-state index is 5.75. The van der Waals surface area contributed by atoms with E-state index in [0.29, 0.717) is 0 Å². The van der Waals surface area contributed by atoms with E-state index in [1.54, 1.807) is 6.20 Å². The number of aromatic nitrogens is 2. The first-order valence-corrected chi connectivity index (χ1v) is 5.59. The van der Waals surface area contributed by atoms with Crippen molar-refractivity contribution in [2.45, 2.75) is 32.7 Å². The van der Waals surface area contributed by atoms with Gasteiger partial charge in [0.2, 0.25) is 0 Å². The summed E-state index contributed by atoms with van der Waals surface area (Å²) in [6.07, 6.45) is 7.20. The van der Waals surface area contributed by atoms with E-state index in [4.69, 9.17) is 11.6 Å². The lowest BCUT2D eigenvalue weighted by molar-refractivity contribution is 0.532. The summed E-state index contributed by atoms with van der Waals surface area (Å²) in [4.78, 5) is 0. The van der Waals surface area contributed by atoms with Crippen LogP contribution in [0.2, 0.25) is 5.02 Å². The van der Waals surface area contributed by atoms with Crippen LogP contribution in [-0.4, -0.2) is 22.9 Å². The Morgan fingerprint density at radius 1 is 1.43 bits per heavy atom. The molecule has 14 heavy (non-hydrogen) atoms. The van der Waals surface area contributed by atoms with Crippen LogP contribution in [0.1, 0.15) is 26.2 Å². The highest BCUT2D eigenvalue weighted by Gasteiger charge is 1.94. The second-order valence-corrected chi connectivity index (χ2v) is 3.77. The minimum atomic E-state index is 0.720. The molecular weight excluding hydrogens is 198 g/mol. The third-order valence-electron chi connectivity index (χ3n) is 2.09. The third kappa shape index (κ3) is 4.63. The van der Waals surface area contributed by atoms with Crippen LogP contribution in [0.25, 0.3) is 0 Å². The van der Waals surface area contributed by atoms with Crippen molar-refractivity contribution < 1.29 is 0 Å². The molecule has 4 heteroatoms. The first-order valence-electron chi connectivity index (χ1n) is 5.21. The molecule has 0 spiro atoms. The Hall–Kier alpha value is -0.540. The Morgan fingerprint density at radius 2 is 2.29 bits per heavy atom. The minimum Gasteiger partial charge on any atom is -0.317 e. The fourth-order valence-electron chi connectivity index (χ4n) is 1.34. The Kier molecular flexibility index (Phi) is 5.64. The van der Waals surface area contributed by atoms with E-state index in [2.05, 4.69) is 17.3 Å². The SMILES string of the molecule is CCNCCCCCn1cc(Cl)cn1. The van der Waals surface area contributed by atoms with E-state index in [0.717, 1.165) is 24.7 Å². The Labute approximate surface area is 90.4 Å². The molecule has 3 nitrogen and oxygen atoms in total. The monoisotopic (exact) mass is 215 g/mol. The largest absolute Gasteiger partial charge is 0.317 e. The van der Waals surface area contributed by atoms with E-state index < -0.39 is 0 Å². The van der Waals surface area contributed by atoms with Crippen LogP contribution in [0.4, 0.5) is 0 Å². The molecular formula is C10H18ClN3. The van der Waals surface area contributed by atoms with Crippen molar-refractivity contribution >= 4 is 11.6 Å². The summed E-state index contributed by atoms with van der Waals surface area (Å²) >= 11 is 5.75. The predicted molar refractivity (Wildman–Crippen MR) is 59.6 cm³/mol. The number of rotatable bonds is 7. The number of hydrogen-bond acceptors (Lipinski definition) is 2. The standard InChI is InChI=1S/C10H18ClN3/c1-2-12-6-4-3-5-7-14-9-10(11)8-13-14/h8-9,12H,2-7H2,1H3. The van der Waals surface area contributed by atoms with Gasteiger partial charge in [-0.15, -0.1) is 0 Å². The van der Waals surface area contributed by atoms with Gasteiger partial charge in [-0.2, -0.15) is 5.10 Å². The molecule has 80 valence electrons. The summed E-state index contributed by atoms with van der Waals surface area (Å²) in [7, 11) is 0. The predicted octanol–water partition coefficient (Wildman–Crippen LogP) is 2.32. The Bertz CT molecular complexity index is 247. The highest BCUT2D eigenvalue weighted by Crippen LogP contribution is 2.06. The highest BCUT2D eigenvalue weighted by atomic mass is 35.5. The first kappa shape index (κ1) is 11.5. The quantitative estimate of drug-likeness (QED) is 0.708. The Balaban J connectivity index is 1.99. The molecule has 1 N–H and O–H groups in total. The molecule has 0 aliphatic heterocycles. The van der Waals surface area contributed by atoms with Crippen molar-refractivity contribution in [2.24, 2.45) is 0 Å². The molecule has 0 bridgehead atoms. The van der Waals surface area contributed by atoms with Gasteiger partial charge in [-0.1, -0.05) is 24.9 Å². The minimum absolute atomic E-state index is 0.720. The smallest absolute Gasteiger partial charge is 0.0785 e. The number of unbranched alkanes of at least 4 members (excludes halogenated alkanes) is 2. The van der Waals surface area contributed by atoms with E-state index in [-0.39, 0.29) is 0 Å². The topological polar surface area (TPSA) is 29.9 Å². The molecule has 0 aliphatic carbocycles. The molecule has 0 saturated heterocycles. The first-order chi connectivity index (χ1) is 6.83. The molecule has 0 aromatic carbocycles. The van der Waals surface area contributed by atoms with E-state index in [1.807, 2.05) is 10.9 Å². The maximum Gasteiger partial charge on any atom is 0.0785 e. The zero-order valence-electron chi connectivity index (χ0n) is 8.67. The molecule has 0 atom stereocenters. The number of hydrogen-bond donors (Lipinski definition) is 1. The lowest BCUT2D eigenvalue weighted by Gasteiger charge is -2.02. The molecule has 1 aromatic rings. The van der Waals surface area contributed by atoms with Crippen molar-refractivity contribution in [3.63, 3.8) is 0 Å². The van der Waals surface area contributed by atoms with Gasteiger partial charge in [0, 0.05) is 12.7 Å². The van der Waals surface area contributed by atoms with Gasteiger partial charge in [-0.25, -0.2) is 0 Å². The summed E-state index contributed by atoms with van der Waals surface area (Å²) in [6.45, 7) is 5.29. The second-order valence-electron chi connectivity index (χ2n) is 3.34. The molecule has 0 amide bonds. The van der Waals surface area contributed by atoms with Crippen LogP contribution in [0.15, 0.2) is 12.4 Å². The van der Waals surface area contributed by atoms with Gasteiger partial charge in [0.05, 0.1) is 11.2 Å². The average Bonchev–Trinajstić information content (AvgIpc) is 2.58. The van der Waals surface area contributed by atoms with E-state index in [9.17, 15) is 0 Å². The van der Waals surface area contributed by atoms with Crippen LogP contribution < -0.4 is 5.32 Å². The molecule has 1 rings (SSSR count). The fourth-order valence-corrected chi connectivity index (χ4v) is 1.49.